The molecule has 13 heavy (non-hydrogen) atoms. The molecule has 0 saturated carbocycles. The molecular weight excluding hydrogens is 198 g/mol. The second kappa shape index (κ2) is 5.86. The smallest absolute Gasteiger partial charge is 0.304 e. The van der Waals surface area contributed by atoms with Crippen LogP contribution in [0.2, 0.25) is 0 Å². The van der Waals surface area contributed by atoms with E-state index in [1.807, 2.05) is 4.83 Å². The summed E-state index contributed by atoms with van der Waals surface area (Å²) >= 11 is 0. The van der Waals surface area contributed by atoms with Crippen molar-refractivity contribution >= 4 is 16.0 Å². The minimum Gasteiger partial charge on any atom is -0.481 e. The van der Waals surface area contributed by atoms with Crippen LogP contribution in [0, 0.1) is 0 Å². The third-order valence-corrected chi connectivity index (χ3v) is 2.31. The highest BCUT2D eigenvalue weighted by atomic mass is 32.2. The summed E-state index contributed by atoms with van der Waals surface area (Å²) in [5, 5.41) is 8.21. The first-order chi connectivity index (χ1) is 5.98. The molecule has 0 aromatic rings. The number of nitrogens with two attached hydrogens (primary N) is 1. The van der Waals surface area contributed by atoms with E-state index < -0.39 is 16.0 Å². The molecule has 0 rings (SSSR count). The summed E-state index contributed by atoms with van der Waals surface area (Å²) in [7, 11) is -3.41. The molecule has 0 unspecified atom stereocenters. The second-order valence-corrected chi connectivity index (χ2v) is 4.12. The van der Waals surface area contributed by atoms with Crippen LogP contribution >= 0.6 is 0 Å². The van der Waals surface area contributed by atoms with Gasteiger partial charge in [-0.25, -0.2) is 13.8 Å². The molecule has 0 heterocycles. The van der Waals surface area contributed by atoms with Crippen molar-refractivity contribution in [1.82, 2.24) is 10.3 Å². The van der Waals surface area contributed by atoms with Crippen LogP contribution in [0.1, 0.15) is 6.42 Å². The van der Waals surface area contributed by atoms with Gasteiger partial charge in [-0.1, -0.05) is 0 Å². The van der Waals surface area contributed by atoms with E-state index in [2.05, 4.69) is 5.43 Å². The Balaban J connectivity index is 3.58. The Kier molecular flexibility index (Phi) is 5.55. The molecule has 0 atom stereocenters. The largest absolute Gasteiger partial charge is 0.481 e. The Hall–Kier alpha value is -0.700. The lowest BCUT2D eigenvalue weighted by Gasteiger charge is -2.05. The van der Waals surface area contributed by atoms with Crippen LogP contribution in [0.4, 0.5) is 0 Å². The van der Waals surface area contributed by atoms with Gasteiger partial charge in [0.15, 0.2) is 0 Å². The van der Waals surface area contributed by atoms with Crippen molar-refractivity contribution in [3.05, 3.63) is 0 Å². The highest BCUT2D eigenvalue weighted by Gasteiger charge is 2.07. The quantitative estimate of drug-likeness (QED) is 0.281. The fourth-order valence-electron chi connectivity index (χ4n) is 0.537. The third-order valence-electron chi connectivity index (χ3n) is 1.08. The molecule has 0 radical (unpaired) electrons. The predicted molar refractivity (Wildman–Crippen MR) is 46.2 cm³/mol. The Morgan fingerprint density at radius 3 is 2.54 bits per heavy atom. The topological polar surface area (TPSA) is 122 Å². The van der Waals surface area contributed by atoms with Crippen molar-refractivity contribution in [2.75, 3.05) is 18.8 Å². The minimum atomic E-state index is -3.41. The van der Waals surface area contributed by atoms with Crippen LogP contribution in [-0.2, 0) is 14.8 Å². The normalized spacial score (nSPS) is 11.5. The Bertz CT molecular complexity index is 251. The lowest BCUT2D eigenvalue weighted by molar-refractivity contribution is -0.136. The SMILES string of the molecule is NCCS(=O)(=O)NNCCC(=O)O. The highest BCUT2D eigenvalue weighted by molar-refractivity contribution is 7.89. The number of hydrogen-bond acceptors (Lipinski definition) is 5. The number of hydrazine groups is 1. The van der Waals surface area contributed by atoms with Gasteiger partial charge in [-0.2, -0.15) is 4.83 Å². The van der Waals surface area contributed by atoms with Gasteiger partial charge in [0.25, 0.3) is 0 Å². The molecule has 7 nitrogen and oxygen atoms in total. The summed E-state index contributed by atoms with van der Waals surface area (Å²) in [6, 6.07) is 0. The summed E-state index contributed by atoms with van der Waals surface area (Å²) in [5.74, 6) is -1.18. The predicted octanol–water partition coefficient (Wildman–Crippen LogP) is -2.16. The van der Waals surface area contributed by atoms with Gasteiger partial charge >= 0.3 is 5.97 Å². The van der Waals surface area contributed by atoms with E-state index in [0.717, 1.165) is 0 Å². The van der Waals surface area contributed by atoms with Crippen LogP contribution in [0.5, 0.6) is 0 Å². The maximum atomic E-state index is 10.9. The fourth-order valence-corrected chi connectivity index (χ4v) is 1.27. The Morgan fingerprint density at radius 1 is 1.46 bits per heavy atom. The van der Waals surface area contributed by atoms with Crippen molar-refractivity contribution in [3.63, 3.8) is 0 Å². The zero-order valence-electron chi connectivity index (χ0n) is 6.99. The van der Waals surface area contributed by atoms with Crippen LogP contribution in [0.15, 0.2) is 0 Å². The molecule has 0 aliphatic rings. The fraction of sp³-hybridized carbons (Fsp3) is 0.800. The number of rotatable bonds is 7. The Labute approximate surface area is 76.3 Å². The Morgan fingerprint density at radius 2 is 2.08 bits per heavy atom. The van der Waals surface area contributed by atoms with E-state index in [-0.39, 0.29) is 25.3 Å². The van der Waals surface area contributed by atoms with Crippen molar-refractivity contribution < 1.29 is 18.3 Å². The second-order valence-electron chi connectivity index (χ2n) is 2.28. The van der Waals surface area contributed by atoms with Crippen LogP contribution < -0.4 is 16.0 Å². The van der Waals surface area contributed by atoms with E-state index >= 15 is 0 Å². The molecule has 0 bridgehead atoms. The first-order valence-electron chi connectivity index (χ1n) is 3.62. The highest BCUT2D eigenvalue weighted by Crippen LogP contribution is 1.79. The van der Waals surface area contributed by atoms with Gasteiger partial charge in [0.2, 0.25) is 10.0 Å². The van der Waals surface area contributed by atoms with Crippen molar-refractivity contribution in [1.29, 1.82) is 0 Å². The molecule has 5 N–H and O–H groups in total. The zero-order chi connectivity index (χ0) is 10.3. The monoisotopic (exact) mass is 211 g/mol. The van der Waals surface area contributed by atoms with E-state index in [1.54, 1.807) is 0 Å². The van der Waals surface area contributed by atoms with Crippen molar-refractivity contribution in [2.45, 2.75) is 6.42 Å². The summed E-state index contributed by atoms with van der Waals surface area (Å²) in [6.07, 6.45) is -0.148. The maximum Gasteiger partial charge on any atom is 0.304 e. The van der Waals surface area contributed by atoms with Gasteiger partial charge in [0, 0.05) is 13.1 Å². The summed E-state index contributed by atoms with van der Waals surface area (Å²) in [4.78, 5) is 12.0. The van der Waals surface area contributed by atoms with Gasteiger partial charge in [0.1, 0.15) is 0 Å². The zero-order valence-corrected chi connectivity index (χ0v) is 7.80. The first kappa shape index (κ1) is 12.3. The van der Waals surface area contributed by atoms with Crippen LogP contribution in [0.3, 0.4) is 0 Å². The standard InChI is InChI=1S/C5H13N3O4S/c6-2-4-13(11,12)8-7-3-1-5(9)10/h7-8H,1-4,6H2,(H,9,10). The lowest BCUT2D eigenvalue weighted by atomic mass is 10.4. The number of carbonyl (C=O) groups is 1. The average Bonchev–Trinajstić information content (AvgIpc) is 1.98. The molecule has 0 aliphatic carbocycles. The number of carboxylic acid groups (broad SMARTS) is 1. The van der Waals surface area contributed by atoms with Gasteiger partial charge in [-0.05, 0) is 0 Å². The summed E-state index contributed by atoms with van der Waals surface area (Å²) in [5.41, 5.74) is 7.29. The number of sulfonamides is 1. The number of aliphatic carboxylic acids is 1. The number of hydrogen-bond donors (Lipinski definition) is 4. The van der Waals surface area contributed by atoms with E-state index in [9.17, 15) is 13.2 Å². The molecule has 0 spiro atoms. The van der Waals surface area contributed by atoms with E-state index in [1.165, 1.54) is 0 Å². The third kappa shape index (κ3) is 7.65. The van der Waals surface area contributed by atoms with E-state index in [0.29, 0.717) is 0 Å². The minimum absolute atomic E-state index is 0.0238. The maximum absolute atomic E-state index is 10.9. The summed E-state index contributed by atoms with van der Waals surface area (Å²) < 4.78 is 21.7. The van der Waals surface area contributed by atoms with Crippen LogP contribution in [0.25, 0.3) is 0 Å². The first-order valence-corrected chi connectivity index (χ1v) is 5.27. The summed E-state index contributed by atoms with van der Waals surface area (Å²) in [6.45, 7) is 0.0646. The van der Waals surface area contributed by atoms with Crippen molar-refractivity contribution in [2.24, 2.45) is 5.73 Å². The molecule has 0 aliphatic heterocycles. The molecule has 0 aromatic carbocycles. The molecule has 0 saturated heterocycles. The molecule has 0 fully saturated rings. The molecule has 78 valence electrons. The lowest BCUT2D eigenvalue weighted by Crippen LogP contribution is -2.41. The van der Waals surface area contributed by atoms with Gasteiger partial charge < -0.3 is 10.8 Å². The molecular formula is C5H13N3O4S. The molecule has 0 amide bonds. The average molecular weight is 211 g/mol. The van der Waals surface area contributed by atoms with Gasteiger partial charge in [0.05, 0.1) is 12.2 Å². The number of nitrogens with one attached hydrogen (secondary N) is 2. The molecule has 0 aromatic heterocycles. The van der Waals surface area contributed by atoms with Crippen molar-refractivity contribution in [3.8, 4) is 0 Å². The van der Waals surface area contributed by atoms with Gasteiger partial charge in [-0.3, -0.25) is 4.79 Å². The number of carboxylic acids is 1. The molecule has 8 heteroatoms. The van der Waals surface area contributed by atoms with E-state index in [4.69, 9.17) is 10.8 Å². The van der Waals surface area contributed by atoms with Gasteiger partial charge in [-0.15, -0.1) is 0 Å². The van der Waals surface area contributed by atoms with Crippen LogP contribution in [-0.4, -0.2) is 38.3 Å².